The van der Waals surface area contributed by atoms with E-state index >= 15 is 0 Å². The summed E-state index contributed by atoms with van der Waals surface area (Å²) in [5.41, 5.74) is 6.04. The molecule has 2 rings (SSSR count). The van der Waals surface area contributed by atoms with Crippen molar-refractivity contribution in [2.75, 3.05) is 26.2 Å². The van der Waals surface area contributed by atoms with E-state index in [0.717, 1.165) is 37.4 Å². The summed E-state index contributed by atoms with van der Waals surface area (Å²) in [6.07, 6.45) is 5.32. The predicted molar refractivity (Wildman–Crippen MR) is 86.7 cm³/mol. The molecule has 6 heteroatoms. The van der Waals surface area contributed by atoms with Gasteiger partial charge in [0.15, 0.2) is 0 Å². The average molecular weight is 310 g/mol. The number of nitrogens with one attached hydrogen (secondary N) is 1. The number of hydrogen-bond donors (Lipinski definition) is 2. The number of nitrogens with zero attached hydrogens (tertiary/aromatic N) is 2. The number of amides is 1. The molecule has 21 heavy (non-hydrogen) atoms. The molecule has 0 aliphatic carbocycles. The molecule has 0 aromatic carbocycles. The average Bonchev–Trinajstić information content (AvgIpc) is 2.96. The largest absolute Gasteiger partial charge is 0.348 e. The van der Waals surface area contributed by atoms with E-state index in [1.807, 2.05) is 5.38 Å². The highest BCUT2D eigenvalue weighted by atomic mass is 32.1. The zero-order chi connectivity index (χ0) is 15.1. The molecular weight excluding hydrogens is 284 g/mol. The van der Waals surface area contributed by atoms with E-state index in [9.17, 15) is 4.79 Å². The summed E-state index contributed by atoms with van der Waals surface area (Å²) < 4.78 is 0. The van der Waals surface area contributed by atoms with Crippen LogP contribution < -0.4 is 11.1 Å². The van der Waals surface area contributed by atoms with Crippen molar-refractivity contribution in [3.63, 3.8) is 0 Å². The number of likely N-dealkylation sites (tertiary alicyclic amines) is 1. The third kappa shape index (κ3) is 5.05. The third-order valence-corrected chi connectivity index (χ3v) is 4.80. The van der Waals surface area contributed by atoms with Crippen LogP contribution >= 0.6 is 11.3 Å². The Balaban J connectivity index is 1.75. The van der Waals surface area contributed by atoms with Gasteiger partial charge in [-0.1, -0.05) is 13.3 Å². The summed E-state index contributed by atoms with van der Waals surface area (Å²) >= 11 is 1.51. The number of rotatable bonds is 7. The standard InChI is InChI=1S/C15H26N4OS/c1-2-3-8-19-9-5-12(6-10-19)17-15(20)13-11-21-14(18-13)4-7-16/h11-12H,2-10,16H2,1H3,(H,17,20). The van der Waals surface area contributed by atoms with Gasteiger partial charge in [0.25, 0.3) is 5.91 Å². The Morgan fingerprint density at radius 1 is 1.52 bits per heavy atom. The van der Waals surface area contributed by atoms with Crippen LogP contribution in [-0.4, -0.2) is 48.0 Å². The number of nitrogens with two attached hydrogens (primary N) is 1. The molecule has 1 saturated heterocycles. The molecule has 0 spiro atoms. The molecule has 3 N–H and O–H groups in total. The van der Waals surface area contributed by atoms with E-state index < -0.39 is 0 Å². The van der Waals surface area contributed by atoms with Crippen molar-refractivity contribution in [2.45, 2.75) is 45.1 Å². The van der Waals surface area contributed by atoms with Crippen LogP contribution in [0.15, 0.2) is 5.38 Å². The molecule has 1 amide bonds. The van der Waals surface area contributed by atoms with Crippen molar-refractivity contribution in [1.82, 2.24) is 15.2 Å². The van der Waals surface area contributed by atoms with Gasteiger partial charge in [-0.15, -0.1) is 11.3 Å². The van der Waals surface area contributed by atoms with Crippen LogP contribution in [0.4, 0.5) is 0 Å². The Morgan fingerprint density at radius 3 is 2.95 bits per heavy atom. The fourth-order valence-electron chi connectivity index (χ4n) is 2.60. The lowest BCUT2D eigenvalue weighted by Crippen LogP contribution is -2.44. The quantitative estimate of drug-likeness (QED) is 0.803. The predicted octanol–water partition coefficient (Wildman–Crippen LogP) is 1.64. The van der Waals surface area contributed by atoms with Gasteiger partial charge in [-0.05, 0) is 32.4 Å². The van der Waals surface area contributed by atoms with Gasteiger partial charge < -0.3 is 16.0 Å². The first-order valence-corrected chi connectivity index (χ1v) is 8.78. The molecule has 0 unspecified atom stereocenters. The zero-order valence-electron chi connectivity index (χ0n) is 12.8. The molecule has 0 bridgehead atoms. The van der Waals surface area contributed by atoms with Crippen LogP contribution in [0.25, 0.3) is 0 Å². The second kappa shape index (κ2) is 8.46. The molecule has 1 aromatic heterocycles. The maximum atomic E-state index is 12.2. The monoisotopic (exact) mass is 310 g/mol. The third-order valence-electron chi connectivity index (χ3n) is 3.89. The second-order valence-corrected chi connectivity index (χ2v) is 6.55. The lowest BCUT2D eigenvalue weighted by Gasteiger charge is -2.32. The first kappa shape index (κ1) is 16.4. The van der Waals surface area contributed by atoms with Gasteiger partial charge in [-0.3, -0.25) is 4.79 Å². The van der Waals surface area contributed by atoms with Gasteiger partial charge in [-0.2, -0.15) is 0 Å². The Hall–Kier alpha value is -0.980. The summed E-state index contributed by atoms with van der Waals surface area (Å²) in [5.74, 6) is -0.0403. The number of thiazole rings is 1. The van der Waals surface area contributed by atoms with Gasteiger partial charge in [0.1, 0.15) is 5.69 Å². The van der Waals surface area contributed by atoms with Crippen LogP contribution in [-0.2, 0) is 6.42 Å². The fourth-order valence-corrected chi connectivity index (χ4v) is 3.39. The van der Waals surface area contributed by atoms with Crippen molar-refractivity contribution in [3.05, 3.63) is 16.1 Å². The summed E-state index contributed by atoms with van der Waals surface area (Å²) in [6, 6.07) is 0.287. The summed E-state index contributed by atoms with van der Waals surface area (Å²) in [6.45, 7) is 6.15. The molecule has 0 atom stereocenters. The minimum atomic E-state index is -0.0403. The number of carbonyl (C=O) groups is 1. The van der Waals surface area contributed by atoms with E-state index in [0.29, 0.717) is 12.2 Å². The Labute approximate surface area is 130 Å². The normalized spacial score (nSPS) is 17.0. The van der Waals surface area contributed by atoms with E-state index in [-0.39, 0.29) is 11.9 Å². The van der Waals surface area contributed by atoms with Crippen molar-refractivity contribution in [2.24, 2.45) is 5.73 Å². The molecule has 0 saturated carbocycles. The van der Waals surface area contributed by atoms with Crippen LogP contribution in [0.3, 0.4) is 0 Å². The topological polar surface area (TPSA) is 71.2 Å². The smallest absolute Gasteiger partial charge is 0.270 e. The van der Waals surface area contributed by atoms with Crippen LogP contribution in [0.5, 0.6) is 0 Å². The maximum absolute atomic E-state index is 12.2. The first-order chi connectivity index (χ1) is 10.2. The molecule has 1 aliphatic heterocycles. The lowest BCUT2D eigenvalue weighted by atomic mass is 10.0. The minimum absolute atomic E-state index is 0.0403. The number of unbranched alkanes of at least 4 members (excludes halogenated alkanes) is 1. The SMILES string of the molecule is CCCCN1CCC(NC(=O)c2csc(CCN)n2)CC1. The molecule has 1 aliphatic rings. The van der Waals surface area contributed by atoms with Crippen LogP contribution in [0, 0.1) is 0 Å². The second-order valence-electron chi connectivity index (χ2n) is 5.61. The molecule has 118 valence electrons. The van der Waals surface area contributed by atoms with Crippen molar-refractivity contribution in [1.29, 1.82) is 0 Å². The number of hydrogen-bond acceptors (Lipinski definition) is 5. The Morgan fingerprint density at radius 2 is 2.29 bits per heavy atom. The highest BCUT2D eigenvalue weighted by Gasteiger charge is 2.21. The Bertz CT molecular complexity index is 441. The van der Waals surface area contributed by atoms with Crippen LogP contribution in [0.1, 0.15) is 48.1 Å². The maximum Gasteiger partial charge on any atom is 0.270 e. The number of aromatic nitrogens is 1. The number of piperidine rings is 1. The van der Waals surface area contributed by atoms with Gasteiger partial charge in [-0.25, -0.2) is 4.98 Å². The van der Waals surface area contributed by atoms with Crippen LogP contribution in [0.2, 0.25) is 0 Å². The highest BCUT2D eigenvalue weighted by molar-refractivity contribution is 7.09. The summed E-state index contributed by atoms with van der Waals surface area (Å²) in [4.78, 5) is 19.0. The molecule has 1 aromatic rings. The van der Waals surface area contributed by atoms with Crippen molar-refractivity contribution < 1.29 is 4.79 Å². The van der Waals surface area contributed by atoms with Crippen molar-refractivity contribution >= 4 is 17.2 Å². The molecule has 1 fully saturated rings. The van der Waals surface area contributed by atoms with E-state index in [1.165, 1.54) is 30.7 Å². The van der Waals surface area contributed by atoms with Crippen molar-refractivity contribution in [3.8, 4) is 0 Å². The highest BCUT2D eigenvalue weighted by Crippen LogP contribution is 2.14. The van der Waals surface area contributed by atoms with Gasteiger partial charge >= 0.3 is 0 Å². The van der Waals surface area contributed by atoms with Gasteiger partial charge in [0.05, 0.1) is 5.01 Å². The summed E-state index contributed by atoms with van der Waals surface area (Å²) in [5, 5.41) is 5.89. The molecule has 5 nitrogen and oxygen atoms in total. The van der Waals surface area contributed by atoms with E-state index in [4.69, 9.17) is 5.73 Å². The lowest BCUT2D eigenvalue weighted by molar-refractivity contribution is 0.0906. The van der Waals surface area contributed by atoms with E-state index in [1.54, 1.807) is 0 Å². The van der Waals surface area contributed by atoms with Gasteiger partial charge in [0, 0.05) is 30.9 Å². The summed E-state index contributed by atoms with van der Waals surface area (Å²) in [7, 11) is 0. The Kier molecular flexibility index (Phi) is 6.60. The molecule has 0 radical (unpaired) electrons. The molecule has 2 heterocycles. The van der Waals surface area contributed by atoms with Gasteiger partial charge in [0.2, 0.25) is 0 Å². The fraction of sp³-hybridized carbons (Fsp3) is 0.733. The number of carbonyl (C=O) groups excluding carboxylic acids is 1. The molecular formula is C15H26N4OS. The first-order valence-electron chi connectivity index (χ1n) is 7.90. The van der Waals surface area contributed by atoms with E-state index in [2.05, 4.69) is 22.1 Å². The zero-order valence-corrected chi connectivity index (χ0v) is 13.6. The minimum Gasteiger partial charge on any atom is -0.348 e.